The molecule has 0 spiro atoms. The second-order valence-electron chi connectivity index (χ2n) is 5.27. The van der Waals surface area contributed by atoms with Crippen molar-refractivity contribution in [2.24, 2.45) is 5.41 Å². The van der Waals surface area contributed by atoms with Gasteiger partial charge in [0.15, 0.2) is 5.82 Å². The molecule has 0 aromatic carbocycles. The number of hydrogen-bond donors (Lipinski definition) is 0. The van der Waals surface area contributed by atoms with Gasteiger partial charge in [-0.1, -0.05) is 32.4 Å². The van der Waals surface area contributed by atoms with E-state index in [1.165, 1.54) is 0 Å². The molecular weight excluding hydrogens is 256 g/mol. The standard InChI is InChI=1S/C12H17ClN2OS/c1-12(2,3)9(16-4)11-14-8-6-17-5-7(8)10(13)15-11/h9H,5-6H2,1-4H3. The Morgan fingerprint density at radius 1 is 1.29 bits per heavy atom. The topological polar surface area (TPSA) is 35.0 Å². The zero-order valence-electron chi connectivity index (χ0n) is 10.6. The van der Waals surface area contributed by atoms with Gasteiger partial charge in [0, 0.05) is 24.2 Å². The van der Waals surface area contributed by atoms with Crippen LogP contribution < -0.4 is 0 Å². The van der Waals surface area contributed by atoms with Crippen LogP contribution >= 0.6 is 23.4 Å². The lowest BCUT2D eigenvalue weighted by atomic mass is 9.88. The Bertz CT molecular complexity index is 431. The van der Waals surface area contributed by atoms with Crippen LogP contribution in [0.1, 0.15) is 44.0 Å². The molecule has 94 valence electrons. The zero-order valence-corrected chi connectivity index (χ0v) is 12.2. The van der Waals surface area contributed by atoms with Gasteiger partial charge in [-0.15, -0.1) is 0 Å². The minimum absolute atomic E-state index is 0.0436. The van der Waals surface area contributed by atoms with Crippen molar-refractivity contribution in [3.05, 3.63) is 22.2 Å². The van der Waals surface area contributed by atoms with Gasteiger partial charge >= 0.3 is 0 Å². The molecule has 0 amide bonds. The molecule has 2 heterocycles. The maximum absolute atomic E-state index is 6.21. The Hall–Kier alpha value is -0.320. The molecule has 2 rings (SSSR count). The molecule has 0 saturated heterocycles. The Labute approximate surface area is 111 Å². The van der Waals surface area contributed by atoms with E-state index in [0.717, 1.165) is 22.8 Å². The number of ether oxygens (including phenoxy) is 1. The first-order valence-electron chi connectivity index (χ1n) is 5.59. The average Bonchev–Trinajstić information content (AvgIpc) is 2.64. The number of hydrogen-bond acceptors (Lipinski definition) is 4. The second-order valence-corrected chi connectivity index (χ2v) is 6.62. The van der Waals surface area contributed by atoms with Gasteiger partial charge < -0.3 is 4.74 Å². The van der Waals surface area contributed by atoms with Crippen LogP contribution in [0.2, 0.25) is 5.15 Å². The molecule has 17 heavy (non-hydrogen) atoms. The molecule has 1 unspecified atom stereocenters. The van der Waals surface area contributed by atoms with Crippen LogP contribution in [-0.2, 0) is 16.2 Å². The largest absolute Gasteiger partial charge is 0.373 e. The van der Waals surface area contributed by atoms with E-state index in [1.807, 2.05) is 11.8 Å². The van der Waals surface area contributed by atoms with Gasteiger partial charge in [-0.2, -0.15) is 11.8 Å². The van der Waals surface area contributed by atoms with E-state index in [0.29, 0.717) is 11.0 Å². The van der Waals surface area contributed by atoms with Crippen LogP contribution in [0, 0.1) is 5.41 Å². The lowest BCUT2D eigenvalue weighted by Gasteiger charge is -2.28. The third-order valence-corrected chi connectivity index (χ3v) is 4.08. The quantitative estimate of drug-likeness (QED) is 0.771. The minimum atomic E-state index is -0.129. The van der Waals surface area contributed by atoms with Gasteiger partial charge in [0.05, 0.1) is 5.69 Å². The van der Waals surface area contributed by atoms with E-state index >= 15 is 0 Å². The lowest BCUT2D eigenvalue weighted by molar-refractivity contribution is 0.00853. The summed E-state index contributed by atoms with van der Waals surface area (Å²) in [6, 6.07) is 0. The van der Waals surface area contributed by atoms with Crippen LogP contribution in [0.15, 0.2) is 0 Å². The smallest absolute Gasteiger partial charge is 0.159 e. The number of rotatable bonds is 2. The summed E-state index contributed by atoms with van der Waals surface area (Å²) in [6.45, 7) is 6.33. The number of aromatic nitrogens is 2. The molecule has 0 N–H and O–H groups in total. The van der Waals surface area contributed by atoms with Crippen molar-refractivity contribution in [3.8, 4) is 0 Å². The average molecular weight is 273 g/mol. The van der Waals surface area contributed by atoms with Crippen molar-refractivity contribution >= 4 is 23.4 Å². The molecule has 5 heteroatoms. The monoisotopic (exact) mass is 272 g/mol. The normalized spacial score (nSPS) is 17.0. The first kappa shape index (κ1) is 13.1. The summed E-state index contributed by atoms with van der Waals surface area (Å²) in [5, 5.41) is 0.585. The summed E-state index contributed by atoms with van der Waals surface area (Å²) < 4.78 is 5.53. The van der Waals surface area contributed by atoms with E-state index in [4.69, 9.17) is 16.3 Å². The van der Waals surface area contributed by atoms with Crippen LogP contribution in [0.4, 0.5) is 0 Å². The summed E-state index contributed by atoms with van der Waals surface area (Å²) in [5.41, 5.74) is 2.11. The minimum Gasteiger partial charge on any atom is -0.373 e. The second kappa shape index (κ2) is 4.75. The first-order valence-corrected chi connectivity index (χ1v) is 7.12. The van der Waals surface area contributed by atoms with Crippen molar-refractivity contribution in [2.45, 2.75) is 38.4 Å². The molecule has 1 aliphatic heterocycles. The highest BCUT2D eigenvalue weighted by Crippen LogP contribution is 2.37. The van der Waals surface area contributed by atoms with Gasteiger partial charge in [-0.05, 0) is 5.41 Å². The Kier molecular flexibility index (Phi) is 3.66. The molecule has 1 atom stereocenters. The van der Waals surface area contributed by atoms with Gasteiger partial charge in [0.1, 0.15) is 11.3 Å². The van der Waals surface area contributed by atoms with Crippen molar-refractivity contribution in [1.82, 2.24) is 9.97 Å². The predicted octanol–water partition coefficient (Wildman–Crippen LogP) is 3.61. The summed E-state index contributed by atoms with van der Waals surface area (Å²) in [4.78, 5) is 9.01. The fourth-order valence-corrected chi connectivity index (χ4v) is 3.38. The number of fused-ring (bicyclic) bond motifs is 1. The summed E-state index contributed by atoms with van der Waals surface area (Å²) in [7, 11) is 1.69. The van der Waals surface area contributed by atoms with Gasteiger partial charge in [-0.3, -0.25) is 0 Å². The zero-order chi connectivity index (χ0) is 12.6. The molecule has 0 fully saturated rings. The number of methoxy groups -OCH3 is 1. The van der Waals surface area contributed by atoms with E-state index in [2.05, 4.69) is 30.7 Å². The highest BCUT2D eigenvalue weighted by Gasteiger charge is 2.30. The van der Waals surface area contributed by atoms with Crippen LogP contribution in [0.25, 0.3) is 0 Å². The molecule has 0 radical (unpaired) electrons. The van der Waals surface area contributed by atoms with Crippen molar-refractivity contribution < 1.29 is 4.74 Å². The predicted molar refractivity (Wildman–Crippen MR) is 71.2 cm³/mol. The van der Waals surface area contributed by atoms with Gasteiger partial charge in [0.25, 0.3) is 0 Å². The molecule has 0 aliphatic carbocycles. The molecule has 1 aromatic heterocycles. The van der Waals surface area contributed by atoms with E-state index in [9.17, 15) is 0 Å². The maximum atomic E-state index is 6.21. The molecule has 1 aliphatic rings. The van der Waals surface area contributed by atoms with Gasteiger partial charge in [-0.25, -0.2) is 9.97 Å². The highest BCUT2D eigenvalue weighted by atomic mass is 35.5. The van der Waals surface area contributed by atoms with Crippen LogP contribution in [-0.4, -0.2) is 17.1 Å². The van der Waals surface area contributed by atoms with E-state index in [1.54, 1.807) is 7.11 Å². The van der Waals surface area contributed by atoms with Crippen molar-refractivity contribution in [1.29, 1.82) is 0 Å². The fraction of sp³-hybridized carbons (Fsp3) is 0.667. The third-order valence-electron chi connectivity index (χ3n) is 2.80. The summed E-state index contributed by atoms with van der Waals surface area (Å²) in [5.74, 6) is 2.54. The number of thioether (sulfide) groups is 1. The first-order chi connectivity index (χ1) is 7.93. The summed E-state index contributed by atoms with van der Waals surface area (Å²) in [6.07, 6.45) is -0.129. The Balaban J connectivity index is 2.43. The highest BCUT2D eigenvalue weighted by molar-refractivity contribution is 7.98. The molecule has 0 bridgehead atoms. The number of nitrogens with zero attached hydrogens (tertiary/aromatic N) is 2. The van der Waals surface area contributed by atoms with Crippen molar-refractivity contribution in [3.63, 3.8) is 0 Å². The van der Waals surface area contributed by atoms with Crippen LogP contribution in [0.3, 0.4) is 0 Å². The summed E-state index contributed by atoms with van der Waals surface area (Å²) >= 11 is 8.03. The lowest BCUT2D eigenvalue weighted by Crippen LogP contribution is -2.23. The van der Waals surface area contributed by atoms with E-state index in [-0.39, 0.29) is 11.5 Å². The molecule has 3 nitrogen and oxygen atoms in total. The van der Waals surface area contributed by atoms with Crippen molar-refractivity contribution in [2.75, 3.05) is 7.11 Å². The number of halogens is 1. The van der Waals surface area contributed by atoms with Crippen LogP contribution in [0.5, 0.6) is 0 Å². The Morgan fingerprint density at radius 3 is 2.59 bits per heavy atom. The third kappa shape index (κ3) is 2.59. The molecule has 1 aromatic rings. The van der Waals surface area contributed by atoms with E-state index < -0.39 is 0 Å². The fourth-order valence-electron chi connectivity index (χ4n) is 1.99. The molecule has 0 saturated carbocycles. The molecular formula is C12H17ClN2OS. The maximum Gasteiger partial charge on any atom is 0.159 e. The van der Waals surface area contributed by atoms with Gasteiger partial charge in [0.2, 0.25) is 0 Å². The SMILES string of the molecule is COC(c1nc(Cl)c2c(n1)CSC2)C(C)(C)C. The Morgan fingerprint density at radius 2 is 2.00 bits per heavy atom.